The first-order valence-electron chi connectivity index (χ1n) is 6.06. The molecule has 1 N–H and O–H groups in total. The number of aromatic nitrogens is 2. The van der Waals surface area contributed by atoms with E-state index in [-0.39, 0.29) is 11.5 Å². The van der Waals surface area contributed by atoms with Gasteiger partial charge in [0.2, 0.25) is 0 Å². The van der Waals surface area contributed by atoms with Crippen LogP contribution in [0, 0.1) is 17.2 Å². The Labute approximate surface area is 106 Å². The van der Waals surface area contributed by atoms with Crippen molar-refractivity contribution < 1.29 is 0 Å². The van der Waals surface area contributed by atoms with Gasteiger partial charge in [0, 0.05) is 29.3 Å². The normalized spacial score (nSPS) is 11.2. The lowest BCUT2D eigenvalue weighted by Crippen LogP contribution is -2.14. The van der Waals surface area contributed by atoms with Crippen molar-refractivity contribution in [2.45, 2.75) is 27.2 Å². The van der Waals surface area contributed by atoms with Gasteiger partial charge in [-0.05, 0) is 25.5 Å². The summed E-state index contributed by atoms with van der Waals surface area (Å²) in [5.74, 6) is -0.157. The zero-order valence-corrected chi connectivity index (χ0v) is 10.9. The maximum atomic E-state index is 11.7. The Hall–Kier alpha value is -2.15. The van der Waals surface area contributed by atoms with Gasteiger partial charge in [-0.1, -0.05) is 13.8 Å². The van der Waals surface area contributed by atoms with Crippen LogP contribution in [0.2, 0.25) is 0 Å². The van der Waals surface area contributed by atoms with Crippen LogP contribution in [0.4, 0.5) is 0 Å². The smallest absolute Gasteiger partial charge is 0.251 e. The quantitative estimate of drug-likeness (QED) is 0.881. The van der Waals surface area contributed by atoms with Crippen LogP contribution in [0.5, 0.6) is 0 Å². The standard InChI is InChI=1S/C12H11N3O.C2H6/c1-8(6-13)4-9-5-10-7-14-3-2-11(10)15-12(9)16;1-2/h2-3,5,7-8H,4H2,1H3,(H,15,16);1-2H3. The molecule has 2 rings (SSSR count). The van der Waals surface area contributed by atoms with E-state index >= 15 is 0 Å². The van der Waals surface area contributed by atoms with Crippen LogP contribution >= 0.6 is 0 Å². The molecule has 2 heterocycles. The molecular weight excluding hydrogens is 226 g/mol. The molecule has 1 unspecified atom stereocenters. The molecule has 0 saturated heterocycles. The Bertz CT molecular complexity index is 610. The highest BCUT2D eigenvalue weighted by Crippen LogP contribution is 2.11. The maximum Gasteiger partial charge on any atom is 0.251 e. The van der Waals surface area contributed by atoms with Crippen molar-refractivity contribution in [3.05, 3.63) is 40.4 Å². The molecule has 0 bridgehead atoms. The first kappa shape index (κ1) is 13.9. The van der Waals surface area contributed by atoms with Crippen LogP contribution in [0.3, 0.4) is 0 Å². The van der Waals surface area contributed by atoms with Gasteiger partial charge < -0.3 is 4.98 Å². The fourth-order valence-corrected chi connectivity index (χ4v) is 1.62. The van der Waals surface area contributed by atoms with Crippen LogP contribution in [-0.2, 0) is 6.42 Å². The Morgan fingerprint density at radius 1 is 1.50 bits per heavy atom. The molecule has 0 radical (unpaired) electrons. The summed E-state index contributed by atoms with van der Waals surface area (Å²) >= 11 is 0. The second kappa shape index (κ2) is 6.55. The lowest BCUT2D eigenvalue weighted by Gasteiger charge is -2.03. The fourth-order valence-electron chi connectivity index (χ4n) is 1.62. The van der Waals surface area contributed by atoms with Gasteiger partial charge in [-0.2, -0.15) is 5.26 Å². The number of nitriles is 1. The molecule has 2 aromatic heterocycles. The summed E-state index contributed by atoms with van der Waals surface area (Å²) in [6, 6.07) is 5.68. The van der Waals surface area contributed by atoms with E-state index in [0.29, 0.717) is 12.0 Å². The maximum absolute atomic E-state index is 11.7. The fraction of sp³-hybridized carbons (Fsp3) is 0.357. The molecule has 4 nitrogen and oxygen atoms in total. The van der Waals surface area contributed by atoms with E-state index < -0.39 is 0 Å². The molecule has 0 aliphatic rings. The summed E-state index contributed by atoms with van der Waals surface area (Å²) in [6.07, 6.45) is 3.80. The van der Waals surface area contributed by atoms with Crippen molar-refractivity contribution in [1.29, 1.82) is 5.26 Å². The van der Waals surface area contributed by atoms with E-state index in [2.05, 4.69) is 16.0 Å². The highest BCUT2D eigenvalue weighted by Gasteiger charge is 2.07. The van der Waals surface area contributed by atoms with Gasteiger partial charge >= 0.3 is 0 Å². The van der Waals surface area contributed by atoms with Crippen LogP contribution in [0.1, 0.15) is 26.3 Å². The summed E-state index contributed by atoms with van der Waals surface area (Å²) in [5.41, 5.74) is 1.28. The van der Waals surface area contributed by atoms with Gasteiger partial charge in [0.05, 0.1) is 11.6 Å². The van der Waals surface area contributed by atoms with Crippen LogP contribution in [0.25, 0.3) is 10.9 Å². The van der Waals surface area contributed by atoms with E-state index in [1.165, 1.54) is 0 Å². The largest absolute Gasteiger partial charge is 0.322 e. The lowest BCUT2D eigenvalue weighted by molar-refractivity contribution is 0.732. The minimum absolute atomic E-state index is 0.124. The number of pyridine rings is 2. The van der Waals surface area contributed by atoms with Crippen LogP contribution in [-0.4, -0.2) is 9.97 Å². The van der Waals surface area contributed by atoms with Gasteiger partial charge in [0.15, 0.2) is 0 Å². The first-order chi connectivity index (χ1) is 8.70. The molecule has 0 spiro atoms. The SMILES string of the molecule is CC.CC(C#N)Cc1cc2cnccc2[nH]c1=O. The minimum Gasteiger partial charge on any atom is -0.322 e. The molecule has 4 heteroatoms. The third-order valence-corrected chi connectivity index (χ3v) is 2.47. The molecule has 0 aliphatic carbocycles. The van der Waals surface area contributed by atoms with Gasteiger partial charge in [0.1, 0.15) is 0 Å². The molecule has 1 atom stereocenters. The molecule has 0 amide bonds. The Morgan fingerprint density at radius 2 is 2.22 bits per heavy atom. The van der Waals surface area contributed by atoms with Gasteiger partial charge in [-0.15, -0.1) is 0 Å². The van der Waals surface area contributed by atoms with E-state index in [1.807, 2.05) is 13.8 Å². The number of nitrogens with zero attached hydrogens (tertiary/aromatic N) is 2. The highest BCUT2D eigenvalue weighted by molar-refractivity contribution is 5.77. The third-order valence-electron chi connectivity index (χ3n) is 2.47. The molecule has 94 valence electrons. The van der Waals surface area contributed by atoms with Crippen molar-refractivity contribution in [3.8, 4) is 6.07 Å². The number of hydrogen-bond donors (Lipinski definition) is 1. The average molecular weight is 243 g/mol. The number of rotatable bonds is 2. The monoisotopic (exact) mass is 243 g/mol. The lowest BCUT2D eigenvalue weighted by atomic mass is 10.0. The second-order valence-corrected chi connectivity index (χ2v) is 3.82. The first-order valence-corrected chi connectivity index (χ1v) is 6.06. The Balaban J connectivity index is 0.000000771. The molecule has 18 heavy (non-hydrogen) atoms. The van der Waals surface area contributed by atoms with Crippen molar-refractivity contribution in [3.63, 3.8) is 0 Å². The van der Waals surface area contributed by atoms with Crippen molar-refractivity contribution in [2.24, 2.45) is 5.92 Å². The average Bonchev–Trinajstić information content (AvgIpc) is 2.41. The Kier molecular flexibility index (Phi) is 5.06. The van der Waals surface area contributed by atoms with E-state index in [9.17, 15) is 4.79 Å². The zero-order valence-electron chi connectivity index (χ0n) is 10.9. The van der Waals surface area contributed by atoms with Crippen LogP contribution in [0.15, 0.2) is 29.3 Å². The number of nitrogens with one attached hydrogen (secondary N) is 1. The third kappa shape index (κ3) is 3.17. The number of hydrogen-bond acceptors (Lipinski definition) is 3. The van der Waals surface area contributed by atoms with Crippen molar-refractivity contribution >= 4 is 10.9 Å². The van der Waals surface area contributed by atoms with Gasteiger partial charge in [-0.25, -0.2) is 0 Å². The summed E-state index contributed by atoms with van der Waals surface area (Å²) in [6.45, 7) is 5.80. The molecule has 0 saturated carbocycles. The second-order valence-electron chi connectivity index (χ2n) is 3.82. The molecule has 0 aromatic carbocycles. The van der Waals surface area contributed by atoms with Gasteiger partial charge in [-0.3, -0.25) is 9.78 Å². The topological polar surface area (TPSA) is 69.5 Å². The predicted octanol–water partition coefficient (Wildman–Crippen LogP) is 2.65. The zero-order chi connectivity index (χ0) is 13.5. The minimum atomic E-state index is -0.157. The van der Waals surface area contributed by atoms with E-state index in [0.717, 1.165) is 10.9 Å². The summed E-state index contributed by atoms with van der Waals surface area (Å²) in [5, 5.41) is 9.62. The van der Waals surface area contributed by atoms with E-state index in [4.69, 9.17) is 5.26 Å². The summed E-state index contributed by atoms with van der Waals surface area (Å²) in [7, 11) is 0. The number of H-pyrrole nitrogens is 1. The predicted molar refractivity (Wildman–Crippen MR) is 72.2 cm³/mol. The molecule has 0 aliphatic heterocycles. The number of fused-ring (bicyclic) bond motifs is 1. The van der Waals surface area contributed by atoms with Gasteiger partial charge in [0.25, 0.3) is 5.56 Å². The summed E-state index contributed by atoms with van der Waals surface area (Å²) < 4.78 is 0. The highest BCUT2D eigenvalue weighted by atomic mass is 16.1. The van der Waals surface area contributed by atoms with Crippen molar-refractivity contribution in [2.75, 3.05) is 0 Å². The molecular formula is C14H17N3O. The summed E-state index contributed by atoms with van der Waals surface area (Å²) in [4.78, 5) is 18.5. The van der Waals surface area contributed by atoms with Crippen LogP contribution < -0.4 is 5.56 Å². The molecule has 2 aromatic rings. The molecule has 0 fully saturated rings. The van der Waals surface area contributed by atoms with Crippen molar-refractivity contribution in [1.82, 2.24) is 9.97 Å². The number of aromatic amines is 1. The Morgan fingerprint density at radius 3 is 2.89 bits per heavy atom. The van der Waals surface area contributed by atoms with E-state index in [1.54, 1.807) is 31.5 Å².